The summed E-state index contributed by atoms with van der Waals surface area (Å²) in [7, 11) is -6.60. The molecule has 6 aromatic carbocycles. The van der Waals surface area contributed by atoms with Gasteiger partial charge in [0.1, 0.15) is 45.0 Å². The molecule has 4 N–H and O–H groups in total. The van der Waals surface area contributed by atoms with Gasteiger partial charge in [-0.15, -0.1) is 22.7 Å². The number of thiazole rings is 2. The van der Waals surface area contributed by atoms with Crippen LogP contribution in [0.3, 0.4) is 0 Å². The molecule has 716 valence electrons. The Morgan fingerprint density at radius 2 is 0.640 bits per heavy atom. The van der Waals surface area contributed by atoms with Gasteiger partial charge in [0, 0.05) is 114 Å². The molecule has 10 aliphatic heterocycles. The number of aromatic nitrogens is 4. The number of carbonyl (C=O) groups excluding carboxylic acids is 8. The maximum Gasteiger partial charge on any atom is 0.433 e. The van der Waals surface area contributed by atoms with Crippen molar-refractivity contribution in [3.05, 3.63) is 236 Å². The number of amides is 12. The third kappa shape index (κ3) is 19.9. The normalized spacial score (nSPS) is 20.3. The zero-order chi connectivity index (χ0) is 96.3. The summed E-state index contributed by atoms with van der Waals surface area (Å²) in [5, 5.41) is 11.6. The summed E-state index contributed by atoms with van der Waals surface area (Å²) < 4.78 is 137. The standard InChI is InChI=1S/2C24H25F3N4O3.2C24H26N4O4S2/c2*1-15(18-4-3-17-6-11-34-19(17)12-18)30-9-7-23(8-10-30)21(32)31(22(33)29-23)14-16-2-5-20(28-13-16)24(25,26)27;2*1-16(18-5-8-21-20(13-18)25-15-33-21)27-11-9-24(10-12-27)22(29)28(23(30)26-24)14-17-3-6-19(7-4-17)34(2,31)32/h2*2-5,12-13,15H,6-11,14H2,1H3,(H,29,33);2*3-8,13,15-16H,9-12,14H2,1-2H3,(H,26,30)/t2*15-;2*16-/m1010/s1. The van der Waals surface area contributed by atoms with E-state index in [1.165, 1.54) is 77.9 Å². The molecule has 40 heteroatoms. The highest BCUT2D eigenvalue weighted by atomic mass is 32.2. The van der Waals surface area contributed by atoms with E-state index in [2.05, 4.69) is 161 Å². The first-order chi connectivity index (χ1) is 64.6. The lowest BCUT2D eigenvalue weighted by Crippen LogP contribution is -2.55. The van der Waals surface area contributed by atoms with Crippen LogP contribution in [-0.4, -0.2) is 224 Å². The van der Waals surface area contributed by atoms with Crippen molar-refractivity contribution in [3.8, 4) is 11.5 Å². The predicted molar refractivity (Wildman–Crippen MR) is 492 cm³/mol. The number of rotatable bonds is 18. The molecular weight excluding hydrogens is 1840 g/mol. The number of carbonyl (C=O) groups is 8. The van der Waals surface area contributed by atoms with Crippen LogP contribution in [0.2, 0.25) is 0 Å². The molecule has 0 radical (unpaired) electrons. The summed E-state index contributed by atoms with van der Waals surface area (Å²) >= 11 is 3.25. The Hall–Kier alpha value is -11.9. The third-order valence-corrected chi connectivity index (χ3v) is 32.0. The van der Waals surface area contributed by atoms with Gasteiger partial charge in [-0.1, -0.05) is 72.8 Å². The Morgan fingerprint density at radius 3 is 0.912 bits per heavy atom. The fraction of sp³-hybridized carbons (Fsp3) is 0.417. The monoisotopic (exact) mass is 1940 g/mol. The summed E-state index contributed by atoms with van der Waals surface area (Å²) in [6, 6.07) is 40.9. The van der Waals surface area contributed by atoms with Crippen LogP contribution in [0.25, 0.3) is 20.4 Å². The maximum absolute atomic E-state index is 13.3. The number of sulfone groups is 2. The lowest BCUT2D eigenvalue weighted by atomic mass is 9.86. The van der Waals surface area contributed by atoms with Crippen molar-refractivity contribution in [1.82, 2.24) is 80.4 Å². The van der Waals surface area contributed by atoms with E-state index in [0.717, 1.165) is 93.3 Å². The molecule has 14 heterocycles. The number of urea groups is 4. The number of piperidine rings is 4. The van der Waals surface area contributed by atoms with Crippen LogP contribution < -0.4 is 30.7 Å². The minimum atomic E-state index is -4.54. The first-order valence-corrected chi connectivity index (χ1v) is 50.5. The lowest BCUT2D eigenvalue weighted by molar-refractivity contribution is -0.142. The van der Waals surface area contributed by atoms with Gasteiger partial charge in [-0.25, -0.2) is 46.0 Å². The summed E-state index contributed by atoms with van der Waals surface area (Å²) in [5.74, 6) is 0.780. The number of ether oxygens (including phenoxy) is 2. The zero-order valence-corrected chi connectivity index (χ0v) is 78.7. The van der Waals surface area contributed by atoms with E-state index in [9.17, 15) is 81.5 Å². The van der Waals surface area contributed by atoms with Gasteiger partial charge in [0.2, 0.25) is 0 Å². The molecule has 10 aliphatic rings. The van der Waals surface area contributed by atoms with Gasteiger partial charge in [-0.3, -0.25) is 68.3 Å². The van der Waals surface area contributed by atoms with Crippen LogP contribution >= 0.6 is 22.7 Å². The molecule has 0 unspecified atom stereocenters. The third-order valence-electron chi connectivity index (χ3n) is 28.2. The van der Waals surface area contributed by atoms with Gasteiger partial charge in [0.15, 0.2) is 19.7 Å². The summed E-state index contributed by atoms with van der Waals surface area (Å²) in [6.45, 7) is 15.2. The number of hydrogen-bond donors (Lipinski definition) is 4. The smallest absolute Gasteiger partial charge is 0.433 e. The fourth-order valence-corrected chi connectivity index (χ4v) is 22.2. The number of benzene rings is 6. The van der Waals surface area contributed by atoms with Crippen LogP contribution in [0.4, 0.5) is 45.5 Å². The molecule has 10 aromatic rings. The van der Waals surface area contributed by atoms with Gasteiger partial charge in [-0.05, 0) is 207 Å². The average molecular weight is 1950 g/mol. The maximum atomic E-state index is 13.3. The SMILES string of the molecule is C[C@@H](c1ccc2c(c1)OCC2)N1CCC2(CC1)NC(=O)N(Cc1ccc(C(F)(F)F)nc1)C2=O.C[C@@H](c1ccc2scnc2c1)N1CCC2(CC1)NC(=O)N(Cc1ccc(S(C)(=O)=O)cc1)C2=O.C[C@H](c1ccc2c(c1)OCC2)N1CCC2(CC1)NC(=O)N(Cc1ccc(C(F)(F)F)nc1)C2=O.C[C@H](c1ccc2scnc2c1)N1CCC2(CC1)NC(=O)N(Cc1ccc(S(C)(=O)=O)cc1)C2=O. The quantitative estimate of drug-likeness (QED) is 0.0458. The number of pyridine rings is 2. The minimum absolute atomic E-state index is 0.115. The van der Waals surface area contributed by atoms with Crippen LogP contribution in [-0.2, 0) is 90.2 Å². The van der Waals surface area contributed by atoms with Crippen LogP contribution in [0.5, 0.6) is 11.5 Å². The molecule has 4 atom stereocenters. The number of halogens is 6. The van der Waals surface area contributed by atoms with Gasteiger partial charge >= 0.3 is 36.5 Å². The number of nitrogens with zero attached hydrogens (tertiary/aromatic N) is 12. The van der Waals surface area contributed by atoms with E-state index in [-0.39, 0.29) is 83.8 Å². The van der Waals surface area contributed by atoms with Gasteiger partial charge in [0.05, 0.1) is 80.6 Å². The Labute approximate surface area is 789 Å². The highest BCUT2D eigenvalue weighted by Gasteiger charge is 2.57. The minimum Gasteiger partial charge on any atom is -0.493 e. The largest absolute Gasteiger partial charge is 0.493 e. The number of alkyl halides is 6. The first-order valence-electron chi connectivity index (χ1n) is 45.0. The average Bonchev–Trinajstić information content (AvgIpc) is 1.62. The van der Waals surface area contributed by atoms with E-state index < -0.39 is 89.7 Å². The van der Waals surface area contributed by atoms with Crippen molar-refractivity contribution in [1.29, 1.82) is 0 Å². The lowest BCUT2D eigenvalue weighted by Gasteiger charge is -2.40. The van der Waals surface area contributed by atoms with Gasteiger partial charge < -0.3 is 30.7 Å². The molecule has 0 bridgehead atoms. The topological polar surface area (TPSA) is 349 Å². The molecule has 0 aliphatic carbocycles. The van der Waals surface area contributed by atoms with E-state index in [1.54, 1.807) is 46.9 Å². The molecule has 30 nitrogen and oxygen atoms in total. The summed E-state index contributed by atoms with van der Waals surface area (Å²) in [4.78, 5) is 134. The van der Waals surface area contributed by atoms with E-state index in [1.807, 2.05) is 11.0 Å². The molecule has 8 saturated heterocycles. The Balaban J connectivity index is 0.000000126. The molecule has 12 amide bonds. The Kier molecular flexibility index (Phi) is 26.7. The second-order valence-electron chi connectivity index (χ2n) is 36.5. The van der Waals surface area contributed by atoms with Crippen molar-refractivity contribution in [2.75, 3.05) is 78.1 Å². The van der Waals surface area contributed by atoms with Gasteiger partial charge in [0.25, 0.3) is 23.6 Å². The van der Waals surface area contributed by atoms with Crippen LogP contribution in [0.1, 0.15) is 170 Å². The number of hydrogen-bond acceptors (Lipinski definition) is 24. The van der Waals surface area contributed by atoms with Gasteiger partial charge in [-0.2, -0.15) is 26.3 Å². The molecule has 20 rings (SSSR count). The fourth-order valence-electron chi connectivity index (χ4n) is 19.6. The second kappa shape index (κ2) is 37.9. The molecular formula is C96H102F6N16O14S4. The molecule has 8 fully saturated rings. The van der Waals surface area contributed by atoms with E-state index in [0.29, 0.717) is 139 Å². The van der Waals surface area contributed by atoms with E-state index >= 15 is 0 Å². The molecule has 4 aromatic heterocycles. The molecule has 4 spiro atoms. The summed E-state index contributed by atoms with van der Waals surface area (Å²) in [6.07, 6.45) is 1.21. The van der Waals surface area contributed by atoms with E-state index in [4.69, 9.17) is 9.47 Å². The van der Waals surface area contributed by atoms with Crippen molar-refractivity contribution in [2.45, 2.75) is 187 Å². The number of fused-ring (bicyclic) bond motifs is 4. The van der Waals surface area contributed by atoms with Crippen molar-refractivity contribution < 1.29 is 91.0 Å². The zero-order valence-electron chi connectivity index (χ0n) is 75.4. The number of nitrogens with one attached hydrogen (secondary N) is 4. The highest BCUT2D eigenvalue weighted by Crippen LogP contribution is 2.43. The van der Waals surface area contributed by atoms with Crippen molar-refractivity contribution in [3.63, 3.8) is 0 Å². The summed E-state index contributed by atoms with van der Waals surface area (Å²) in [5.41, 5.74) is 9.21. The second-order valence-corrected chi connectivity index (χ2v) is 42.3. The Bertz CT molecular complexity index is 6110. The van der Waals surface area contributed by atoms with Crippen LogP contribution in [0.15, 0.2) is 179 Å². The van der Waals surface area contributed by atoms with Crippen LogP contribution in [0, 0.1) is 0 Å². The number of imide groups is 4. The number of likely N-dealkylation sites (tertiary alicyclic amines) is 4. The highest BCUT2D eigenvalue weighted by molar-refractivity contribution is 7.91. The Morgan fingerprint density at radius 1 is 0.368 bits per heavy atom. The predicted octanol–water partition coefficient (Wildman–Crippen LogP) is 14.1. The molecule has 0 saturated carbocycles. The van der Waals surface area contributed by atoms with Crippen molar-refractivity contribution in [2.24, 2.45) is 0 Å². The van der Waals surface area contributed by atoms with Crippen molar-refractivity contribution >= 4 is 111 Å². The molecule has 136 heavy (non-hydrogen) atoms. The first kappa shape index (κ1) is 95.8.